The molecule has 0 amide bonds. The molecule has 10 nitrogen and oxygen atoms in total. The lowest BCUT2D eigenvalue weighted by Gasteiger charge is -2.19. The van der Waals surface area contributed by atoms with Crippen molar-refractivity contribution in [1.29, 1.82) is 0 Å². The summed E-state index contributed by atoms with van der Waals surface area (Å²) in [6.07, 6.45) is 0. The van der Waals surface area contributed by atoms with Crippen molar-refractivity contribution in [2.24, 2.45) is 0 Å². The van der Waals surface area contributed by atoms with Crippen LogP contribution >= 0.6 is 12.4 Å². The highest BCUT2D eigenvalue weighted by Crippen LogP contribution is 2.37. The summed E-state index contributed by atoms with van der Waals surface area (Å²) in [4.78, 5) is 25.3. The molecule has 0 radical (unpaired) electrons. The molecule has 0 saturated carbocycles. The molecule has 0 atom stereocenters. The fourth-order valence-electron chi connectivity index (χ4n) is 3.88. The van der Waals surface area contributed by atoms with E-state index < -0.39 is 16.0 Å². The first-order chi connectivity index (χ1) is 16.2. The van der Waals surface area contributed by atoms with Crippen LogP contribution in [0.1, 0.15) is 40.9 Å². The molecule has 2 heterocycles. The van der Waals surface area contributed by atoms with Gasteiger partial charge in [-0.3, -0.25) is 19.8 Å². The molecular weight excluding hydrogens is 496 g/mol. The smallest absolute Gasteiger partial charge is 0.339 e. The first-order valence-corrected chi connectivity index (χ1v) is 11.9. The minimum absolute atomic E-state index is 0. The number of rotatable bonds is 8. The summed E-state index contributed by atoms with van der Waals surface area (Å²) < 4.78 is 36.6. The quantitative estimate of drug-likeness (QED) is 0.262. The highest BCUT2D eigenvalue weighted by molar-refractivity contribution is 7.87. The number of aryl methyl sites for hydroxylation is 2. The number of H-pyrrole nitrogens is 4. The van der Waals surface area contributed by atoms with Gasteiger partial charge in [-0.15, -0.1) is 12.4 Å². The van der Waals surface area contributed by atoms with Crippen LogP contribution < -0.4 is 20.0 Å². The van der Waals surface area contributed by atoms with Crippen molar-refractivity contribution in [3.63, 3.8) is 0 Å². The molecule has 0 saturated heterocycles. The van der Waals surface area contributed by atoms with Crippen LogP contribution in [0.15, 0.2) is 63.0 Å². The SMILES string of the molecule is CCOc1cc(C(c2c(C)[nH][nH]c2=O)c2c(C)[nH][nH]c2=O)ccc1OS(=O)(=O)c1ccccc1.Cl. The van der Waals surface area contributed by atoms with E-state index in [1.165, 1.54) is 18.2 Å². The van der Waals surface area contributed by atoms with Crippen molar-refractivity contribution < 1.29 is 17.3 Å². The van der Waals surface area contributed by atoms with Gasteiger partial charge in [0.15, 0.2) is 11.5 Å². The Labute approximate surface area is 207 Å². The standard InChI is InChI=1S/C23H24N4O6S.ClH/c1-4-32-18-12-15(10-11-17(18)33-34(30,31)16-8-6-5-7-9-16)21(19-13(2)24-26-22(19)28)20-14(3)25-27-23(20)29;/h5-12,21H,4H2,1-3H3,(H2,24,26,28)(H2,25,27,29);1H. The fraction of sp³-hybridized carbons (Fsp3) is 0.217. The summed E-state index contributed by atoms with van der Waals surface area (Å²) in [5.41, 5.74) is 1.68. The minimum Gasteiger partial charge on any atom is -0.490 e. The normalized spacial score (nSPS) is 11.3. The maximum Gasteiger partial charge on any atom is 0.339 e. The number of hydrogen-bond donors (Lipinski definition) is 4. The number of aromatic amines is 4. The number of aromatic nitrogens is 4. The highest BCUT2D eigenvalue weighted by atomic mass is 35.5. The summed E-state index contributed by atoms with van der Waals surface area (Å²) in [6.45, 7) is 5.44. The summed E-state index contributed by atoms with van der Waals surface area (Å²) >= 11 is 0. The van der Waals surface area contributed by atoms with Gasteiger partial charge in [-0.2, -0.15) is 8.42 Å². The molecule has 0 aliphatic rings. The van der Waals surface area contributed by atoms with Crippen LogP contribution in [-0.4, -0.2) is 35.4 Å². The lowest BCUT2D eigenvalue weighted by atomic mass is 9.85. The van der Waals surface area contributed by atoms with E-state index in [0.29, 0.717) is 28.1 Å². The lowest BCUT2D eigenvalue weighted by molar-refractivity contribution is 0.327. The van der Waals surface area contributed by atoms with Crippen molar-refractivity contribution >= 4 is 22.5 Å². The second-order valence-corrected chi connectivity index (χ2v) is 9.20. The van der Waals surface area contributed by atoms with Crippen molar-refractivity contribution in [2.75, 3.05) is 6.61 Å². The Morgan fingerprint density at radius 1 is 0.829 bits per heavy atom. The monoisotopic (exact) mass is 520 g/mol. The van der Waals surface area contributed by atoms with E-state index >= 15 is 0 Å². The fourth-order valence-corrected chi connectivity index (χ4v) is 4.84. The molecule has 0 aliphatic carbocycles. The van der Waals surface area contributed by atoms with Crippen molar-refractivity contribution in [3.05, 3.63) is 97.3 Å². The Morgan fingerprint density at radius 2 is 1.40 bits per heavy atom. The van der Waals surface area contributed by atoms with Gasteiger partial charge in [0, 0.05) is 17.3 Å². The Bertz CT molecular complexity index is 1480. The van der Waals surface area contributed by atoms with Crippen LogP contribution in [0.5, 0.6) is 11.5 Å². The lowest BCUT2D eigenvalue weighted by Crippen LogP contribution is -2.20. The van der Waals surface area contributed by atoms with Crippen LogP contribution in [0.4, 0.5) is 0 Å². The molecular formula is C23H25ClN4O6S. The first kappa shape index (κ1) is 25.9. The number of benzene rings is 2. The van der Waals surface area contributed by atoms with Gasteiger partial charge in [0.25, 0.3) is 11.1 Å². The van der Waals surface area contributed by atoms with E-state index in [-0.39, 0.29) is 46.5 Å². The Hall–Kier alpha value is -3.70. The van der Waals surface area contributed by atoms with Gasteiger partial charge in [-0.25, -0.2) is 0 Å². The van der Waals surface area contributed by atoms with Crippen molar-refractivity contribution in [3.8, 4) is 11.5 Å². The molecule has 0 unspecified atom stereocenters. The molecule has 4 aromatic rings. The molecule has 2 aromatic carbocycles. The molecule has 186 valence electrons. The highest BCUT2D eigenvalue weighted by Gasteiger charge is 2.29. The molecule has 12 heteroatoms. The molecule has 0 aliphatic heterocycles. The third-order valence-corrected chi connectivity index (χ3v) is 6.68. The zero-order valence-corrected chi connectivity index (χ0v) is 20.8. The maximum atomic E-state index is 12.8. The van der Waals surface area contributed by atoms with Crippen LogP contribution in [0.2, 0.25) is 0 Å². The van der Waals surface area contributed by atoms with Gasteiger partial charge >= 0.3 is 10.1 Å². The molecule has 0 bridgehead atoms. The summed E-state index contributed by atoms with van der Waals surface area (Å²) in [6, 6.07) is 12.4. The summed E-state index contributed by atoms with van der Waals surface area (Å²) in [5.74, 6) is -0.588. The third-order valence-electron chi connectivity index (χ3n) is 5.43. The largest absolute Gasteiger partial charge is 0.490 e. The van der Waals surface area contributed by atoms with E-state index in [1.54, 1.807) is 51.1 Å². The van der Waals surface area contributed by atoms with Crippen LogP contribution in [0, 0.1) is 13.8 Å². The maximum absolute atomic E-state index is 12.8. The number of hydrogen-bond acceptors (Lipinski definition) is 6. The second kappa shape index (κ2) is 10.3. The van der Waals surface area contributed by atoms with Crippen LogP contribution in [-0.2, 0) is 10.1 Å². The van der Waals surface area contributed by atoms with E-state index in [2.05, 4.69) is 20.4 Å². The predicted molar refractivity (Wildman–Crippen MR) is 132 cm³/mol. The second-order valence-electron chi connectivity index (χ2n) is 7.66. The molecule has 2 aromatic heterocycles. The zero-order chi connectivity index (χ0) is 24.5. The van der Waals surface area contributed by atoms with Gasteiger partial charge in [0.2, 0.25) is 0 Å². The van der Waals surface area contributed by atoms with Gasteiger partial charge in [0.05, 0.1) is 17.7 Å². The molecule has 0 fully saturated rings. The van der Waals surface area contributed by atoms with Gasteiger partial charge < -0.3 is 19.1 Å². The molecule has 4 N–H and O–H groups in total. The summed E-state index contributed by atoms with van der Waals surface area (Å²) in [5, 5.41) is 10.7. The minimum atomic E-state index is -4.10. The van der Waals surface area contributed by atoms with E-state index in [4.69, 9.17) is 8.92 Å². The molecule has 35 heavy (non-hydrogen) atoms. The summed E-state index contributed by atoms with van der Waals surface area (Å²) in [7, 11) is -4.10. The number of nitrogens with one attached hydrogen (secondary N) is 4. The van der Waals surface area contributed by atoms with E-state index in [1.807, 2.05) is 0 Å². The Balaban J connectivity index is 0.00000342. The topological polar surface area (TPSA) is 150 Å². The van der Waals surface area contributed by atoms with Gasteiger partial charge in [-0.05, 0) is 50.6 Å². The Morgan fingerprint density at radius 3 is 1.89 bits per heavy atom. The average molecular weight is 521 g/mol. The number of halogens is 1. The van der Waals surface area contributed by atoms with E-state index in [0.717, 1.165) is 0 Å². The average Bonchev–Trinajstić information content (AvgIpc) is 3.32. The van der Waals surface area contributed by atoms with Crippen molar-refractivity contribution in [2.45, 2.75) is 31.6 Å². The first-order valence-electron chi connectivity index (χ1n) is 10.5. The van der Waals surface area contributed by atoms with Crippen molar-refractivity contribution in [1.82, 2.24) is 20.4 Å². The van der Waals surface area contributed by atoms with Gasteiger partial charge in [-0.1, -0.05) is 24.3 Å². The Kier molecular flexibility index (Phi) is 7.61. The van der Waals surface area contributed by atoms with Crippen LogP contribution in [0.3, 0.4) is 0 Å². The molecule has 4 rings (SSSR count). The van der Waals surface area contributed by atoms with Crippen LogP contribution in [0.25, 0.3) is 0 Å². The number of ether oxygens (including phenoxy) is 1. The molecule has 0 spiro atoms. The zero-order valence-electron chi connectivity index (χ0n) is 19.2. The third kappa shape index (κ3) is 5.05. The van der Waals surface area contributed by atoms with E-state index in [9.17, 15) is 18.0 Å². The predicted octanol–water partition coefficient (Wildman–Crippen LogP) is 3.10. The van der Waals surface area contributed by atoms with Gasteiger partial charge in [0.1, 0.15) is 4.90 Å².